The molecule has 0 fully saturated rings. The number of nitrogens with two attached hydrogens (primary N) is 1. The van der Waals surface area contributed by atoms with Crippen molar-refractivity contribution in [2.75, 3.05) is 18.2 Å². The summed E-state index contributed by atoms with van der Waals surface area (Å²) in [6.45, 7) is 1.97. The standard InChI is InChI=1S/C21H21N9O3/c1-13(14-7-6-10-16(11-14)32-2)24-26-21(31)18-17(12-23-15-8-4-3-5-9-15)30(29-25-18)20-19(22)27-33-28-20/h3-11,23H,12H2,1-2H3,(H2,22,27)(H,26,31)/b24-13-. The molecule has 168 valence electrons. The van der Waals surface area contributed by atoms with Crippen LogP contribution < -0.4 is 21.2 Å². The molecule has 4 N–H and O–H groups in total. The Hall–Kier alpha value is -4.74. The summed E-state index contributed by atoms with van der Waals surface area (Å²) in [7, 11) is 1.58. The first-order valence-corrected chi connectivity index (χ1v) is 9.87. The van der Waals surface area contributed by atoms with E-state index in [9.17, 15) is 4.79 Å². The molecule has 0 atom stereocenters. The molecule has 4 aromatic rings. The molecular formula is C21H21N9O3. The van der Waals surface area contributed by atoms with Gasteiger partial charge in [0.2, 0.25) is 11.6 Å². The van der Waals surface area contributed by atoms with Crippen molar-refractivity contribution >= 4 is 23.1 Å². The summed E-state index contributed by atoms with van der Waals surface area (Å²) in [6.07, 6.45) is 0. The van der Waals surface area contributed by atoms with E-state index >= 15 is 0 Å². The van der Waals surface area contributed by atoms with Crippen LogP contribution in [0, 0.1) is 0 Å². The summed E-state index contributed by atoms with van der Waals surface area (Å²) in [6, 6.07) is 16.8. The first-order valence-electron chi connectivity index (χ1n) is 9.87. The van der Waals surface area contributed by atoms with Crippen molar-refractivity contribution in [1.82, 2.24) is 30.7 Å². The number of nitrogens with one attached hydrogen (secondary N) is 2. The minimum atomic E-state index is -0.552. The Labute approximate surface area is 188 Å². The van der Waals surface area contributed by atoms with Crippen LogP contribution in [0.4, 0.5) is 11.5 Å². The normalized spacial score (nSPS) is 11.3. The Balaban J connectivity index is 1.60. The third-order valence-corrected chi connectivity index (χ3v) is 4.72. The smallest absolute Gasteiger partial charge is 0.293 e. The zero-order valence-electron chi connectivity index (χ0n) is 17.9. The number of nitrogen functional groups attached to an aromatic ring is 1. The number of hydrogen-bond donors (Lipinski definition) is 3. The molecule has 2 aromatic heterocycles. The van der Waals surface area contributed by atoms with E-state index in [1.165, 1.54) is 4.68 Å². The molecule has 33 heavy (non-hydrogen) atoms. The average molecular weight is 447 g/mol. The van der Waals surface area contributed by atoms with E-state index in [0.29, 0.717) is 17.2 Å². The van der Waals surface area contributed by atoms with Crippen LogP contribution in [0.15, 0.2) is 64.3 Å². The molecule has 0 aliphatic heterocycles. The van der Waals surface area contributed by atoms with Gasteiger partial charge in [0.05, 0.1) is 25.1 Å². The molecule has 0 spiro atoms. The number of carbonyl (C=O) groups excluding carboxylic acids is 1. The average Bonchev–Trinajstić information content (AvgIpc) is 3.47. The topological polar surface area (TPSA) is 158 Å². The molecule has 12 nitrogen and oxygen atoms in total. The molecule has 0 unspecified atom stereocenters. The zero-order valence-corrected chi connectivity index (χ0v) is 17.9. The van der Waals surface area contributed by atoms with Crippen molar-refractivity contribution in [2.45, 2.75) is 13.5 Å². The highest BCUT2D eigenvalue weighted by molar-refractivity contribution is 6.01. The first kappa shape index (κ1) is 21.5. The van der Waals surface area contributed by atoms with Crippen LogP contribution in [0.5, 0.6) is 5.75 Å². The van der Waals surface area contributed by atoms with E-state index in [2.05, 4.69) is 41.1 Å². The highest BCUT2D eigenvalue weighted by atomic mass is 16.6. The second-order valence-electron chi connectivity index (χ2n) is 6.86. The van der Waals surface area contributed by atoms with Crippen molar-refractivity contribution in [2.24, 2.45) is 5.10 Å². The van der Waals surface area contributed by atoms with Gasteiger partial charge >= 0.3 is 0 Å². The minimum Gasteiger partial charge on any atom is -0.497 e. The maximum Gasteiger partial charge on any atom is 0.293 e. The second kappa shape index (κ2) is 9.60. The first-order chi connectivity index (χ1) is 16.1. The van der Waals surface area contributed by atoms with Gasteiger partial charge < -0.3 is 15.8 Å². The van der Waals surface area contributed by atoms with E-state index in [1.807, 2.05) is 54.6 Å². The summed E-state index contributed by atoms with van der Waals surface area (Å²) in [4.78, 5) is 12.9. The Morgan fingerprint density at radius 2 is 2.00 bits per heavy atom. The molecule has 0 saturated heterocycles. The summed E-state index contributed by atoms with van der Waals surface area (Å²) in [5.74, 6) is 0.273. The van der Waals surface area contributed by atoms with Gasteiger partial charge in [-0.15, -0.1) is 5.10 Å². The van der Waals surface area contributed by atoms with E-state index in [0.717, 1.165) is 11.3 Å². The molecule has 2 aromatic carbocycles. The lowest BCUT2D eigenvalue weighted by Gasteiger charge is -2.09. The fraction of sp³-hybridized carbons (Fsp3) is 0.143. The van der Waals surface area contributed by atoms with E-state index in [-0.39, 0.29) is 23.9 Å². The van der Waals surface area contributed by atoms with Gasteiger partial charge in [-0.2, -0.15) is 9.78 Å². The number of methoxy groups -OCH3 is 1. The summed E-state index contributed by atoms with van der Waals surface area (Å²) in [5, 5.41) is 22.8. The minimum absolute atomic E-state index is 0.0136. The molecule has 0 saturated carbocycles. The molecule has 0 bridgehead atoms. The van der Waals surface area contributed by atoms with Gasteiger partial charge in [-0.3, -0.25) is 4.79 Å². The van der Waals surface area contributed by atoms with Crippen LogP contribution in [0.2, 0.25) is 0 Å². The molecular weight excluding hydrogens is 426 g/mol. The third kappa shape index (κ3) is 4.79. The number of carbonyl (C=O) groups is 1. The number of nitrogens with zero attached hydrogens (tertiary/aromatic N) is 6. The maximum absolute atomic E-state index is 12.9. The van der Waals surface area contributed by atoms with Crippen LogP contribution >= 0.6 is 0 Å². The number of amides is 1. The Morgan fingerprint density at radius 1 is 1.18 bits per heavy atom. The summed E-state index contributed by atoms with van der Waals surface area (Å²) in [5.41, 5.74) is 11.0. The Morgan fingerprint density at radius 3 is 2.73 bits per heavy atom. The fourth-order valence-electron chi connectivity index (χ4n) is 2.99. The Kier molecular flexibility index (Phi) is 6.25. The largest absolute Gasteiger partial charge is 0.497 e. The maximum atomic E-state index is 12.9. The highest BCUT2D eigenvalue weighted by Crippen LogP contribution is 2.18. The fourth-order valence-corrected chi connectivity index (χ4v) is 2.99. The number of anilines is 2. The van der Waals surface area contributed by atoms with Gasteiger partial charge in [0.25, 0.3) is 5.91 Å². The molecule has 4 rings (SSSR count). The number of ether oxygens (including phenoxy) is 1. The number of hydrazone groups is 1. The lowest BCUT2D eigenvalue weighted by Crippen LogP contribution is -2.22. The molecule has 1 amide bonds. The lowest BCUT2D eigenvalue weighted by molar-refractivity contribution is 0.0949. The van der Waals surface area contributed by atoms with Gasteiger partial charge in [-0.05, 0) is 41.5 Å². The molecule has 12 heteroatoms. The monoisotopic (exact) mass is 447 g/mol. The van der Waals surface area contributed by atoms with Gasteiger partial charge in [0.15, 0.2) is 5.69 Å². The highest BCUT2D eigenvalue weighted by Gasteiger charge is 2.23. The molecule has 0 radical (unpaired) electrons. The van der Waals surface area contributed by atoms with Gasteiger partial charge in [0.1, 0.15) is 5.75 Å². The van der Waals surface area contributed by atoms with Crippen LogP contribution in [-0.2, 0) is 6.54 Å². The quantitative estimate of drug-likeness (QED) is 0.271. The van der Waals surface area contributed by atoms with E-state index in [4.69, 9.17) is 10.5 Å². The number of para-hydroxylation sites is 1. The summed E-state index contributed by atoms with van der Waals surface area (Å²) >= 11 is 0. The van der Waals surface area contributed by atoms with Crippen molar-refractivity contribution < 1.29 is 14.2 Å². The second-order valence-corrected chi connectivity index (χ2v) is 6.86. The van der Waals surface area contributed by atoms with Gasteiger partial charge in [-0.25, -0.2) is 10.1 Å². The predicted octanol–water partition coefficient (Wildman–Crippen LogP) is 2.01. The van der Waals surface area contributed by atoms with Crippen molar-refractivity contribution in [1.29, 1.82) is 0 Å². The molecule has 2 heterocycles. The molecule has 0 aliphatic rings. The summed E-state index contributed by atoms with van der Waals surface area (Å²) < 4.78 is 11.2. The lowest BCUT2D eigenvalue weighted by atomic mass is 10.1. The van der Waals surface area contributed by atoms with Crippen LogP contribution in [-0.4, -0.2) is 44.0 Å². The third-order valence-electron chi connectivity index (χ3n) is 4.72. The van der Waals surface area contributed by atoms with Gasteiger partial charge in [-0.1, -0.05) is 35.5 Å². The van der Waals surface area contributed by atoms with E-state index < -0.39 is 5.91 Å². The van der Waals surface area contributed by atoms with Crippen LogP contribution in [0.3, 0.4) is 0 Å². The van der Waals surface area contributed by atoms with Crippen LogP contribution in [0.1, 0.15) is 28.7 Å². The SMILES string of the molecule is COc1cccc(/C(C)=N\NC(=O)c2nnn(-c3nonc3N)c2CNc2ccccc2)c1. The van der Waals surface area contributed by atoms with Crippen LogP contribution in [0.25, 0.3) is 5.82 Å². The molecule has 0 aliphatic carbocycles. The van der Waals surface area contributed by atoms with Crippen molar-refractivity contribution in [3.63, 3.8) is 0 Å². The van der Waals surface area contributed by atoms with Crippen molar-refractivity contribution in [3.05, 3.63) is 71.5 Å². The predicted molar refractivity (Wildman–Crippen MR) is 120 cm³/mol. The van der Waals surface area contributed by atoms with Crippen molar-refractivity contribution in [3.8, 4) is 11.6 Å². The Bertz CT molecular complexity index is 1280. The number of hydrogen-bond acceptors (Lipinski definition) is 10. The number of rotatable bonds is 8. The van der Waals surface area contributed by atoms with E-state index in [1.54, 1.807) is 14.0 Å². The zero-order chi connectivity index (χ0) is 23.2. The van der Waals surface area contributed by atoms with Gasteiger partial charge in [0, 0.05) is 11.3 Å². The number of aromatic nitrogens is 5. The number of benzene rings is 2.